The van der Waals surface area contributed by atoms with E-state index in [9.17, 15) is 4.79 Å². The van der Waals surface area contributed by atoms with Crippen LogP contribution in [0.1, 0.15) is 32.0 Å². The minimum absolute atomic E-state index is 0.0541. The lowest BCUT2D eigenvalue weighted by Crippen LogP contribution is -2.16. The van der Waals surface area contributed by atoms with E-state index in [-0.39, 0.29) is 5.43 Å². The molecule has 0 saturated carbocycles. The van der Waals surface area contributed by atoms with E-state index in [0.717, 1.165) is 28.7 Å². The first kappa shape index (κ1) is 21.9. The topological polar surface area (TPSA) is 22.0 Å². The summed E-state index contributed by atoms with van der Waals surface area (Å²) in [6, 6.07) is 7.71. The third-order valence-corrected chi connectivity index (χ3v) is 4.05. The molecule has 0 bridgehead atoms. The standard InChI is InChI=1S/C16H17NO.C9H12/c1-4-9-14-12(5-2)16(18)13-10-7-8-11-15(13)17(14)6-3;1-4-7-8-9(5-2)6-3/h4-5,7-11H,2,6H2,1,3H3;4-8H,2-3H2,1H3/b9-4-;7-4-. The second-order valence-electron chi connectivity index (χ2n) is 5.69. The second-order valence-corrected chi connectivity index (χ2v) is 5.69. The van der Waals surface area contributed by atoms with Crippen molar-refractivity contribution in [3.63, 3.8) is 0 Å². The summed E-state index contributed by atoms with van der Waals surface area (Å²) in [6.07, 6.45) is 15.0. The molecule has 0 N–H and O–H groups in total. The fraction of sp³-hybridized carbons (Fsp3) is 0.160. The first-order valence-corrected chi connectivity index (χ1v) is 9.07. The van der Waals surface area contributed by atoms with Crippen molar-refractivity contribution in [3.8, 4) is 0 Å². The molecule has 2 heteroatoms. The number of fused-ring (bicyclic) bond motifs is 1. The number of hydrogen-bond acceptors (Lipinski definition) is 1. The smallest absolute Gasteiger partial charge is 0.197 e. The minimum Gasteiger partial charge on any atom is -0.341 e. The van der Waals surface area contributed by atoms with Crippen LogP contribution in [0.2, 0.25) is 0 Å². The summed E-state index contributed by atoms with van der Waals surface area (Å²) in [6.45, 7) is 17.8. The van der Waals surface area contributed by atoms with Crippen LogP contribution >= 0.6 is 0 Å². The van der Waals surface area contributed by atoms with Gasteiger partial charge in [-0.1, -0.05) is 74.4 Å². The minimum atomic E-state index is 0.0541. The Morgan fingerprint density at radius 2 is 1.74 bits per heavy atom. The van der Waals surface area contributed by atoms with E-state index in [0.29, 0.717) is 5.56 Å². The summed E-state index contributed by atoms with van der Waals surface area (Å²) < 4.78 is 2.15. The molecule has 0 spiro atoms. The Labute approximate surface area is 162 Å². The number of aryl methyl sites for hydroxylation is 1. The van der Waals surface area contributed by atoms with Crippen molar-refractivity contribution in [2.75, 3.05) is 0 Å². The zero-order valence-electron chi connectivity index (χ0n) is 16.6. The quantitative estimate of drug-likeness (QED) is 0.535. The van der Waals surface area contributed by atoms with E-state index in [2.05, 4.69) is 31.2 Å². The number of nitrogens with zero attached hydrogens (tertiary/aromatic N) is 1. The van der Waals surface area contributed by atoms with E-state index in [1.165, 1.54) is 0 Å². The molecule has 0 fully saturated rings. The fourth-order valence-corrected chi connectivity index (χ4v) is 2.74. The van der Waals surface area contributed by atoms with Gasteiger partial charge in [0, 0.05) is 17.5 Å². The van der Waals surface area contributed by atoms with Gasteiger partial charge in [-0.25, -0.2) is 0 Å². The van der Waals surface area contributed by atoms with E-state index in [1.54, 1.807) is 18.2 Å². The van der Waals surface area contributed by atoms with Crippen LogP contribution in [0, 0.1) is 0 Å². The summed E-state index contributed by atoms with van der Waals surface area (Å²) >= 11 is 0. The lowest BCUT2D eigenvalue weighted by atomic mass is 10.1. The Bertz CT molecular complexity index is 942. The molecule has 0 saturated heterocycles. The molecule has 2 aromatic rings. The van der Waals surface area contributed by atoms with Gasteiger partial charge in [-0.05, 0) is 44.6 Å². The van der Waals surface area contributed by atoms with Gasteiger partial charge in [0.2, 0.25) is 0 Å². The van der Waals surface area contributed by atoms with Crippen LogP contribution in [0.3, 0.4) is 0 Å². The summed E-state index contributed by atoms with van der Waals surface area (Å²) in [4.78, 5) is 12.4. The first-order valence-electron chi connectivity index (χ1n) is 9.07. The van der Waals surface area contributed by atoms with Gasteiger partial charge in [-0.2, -0.15) is 0 Å². The van der Waals surface area contributed by atoms with Crippen LogP contribution in [0.25, 0.3) is 23.1 Å². The Hall–Kier alpha value is -3.13. The van der Waals surface area contributed by atoms with Crippen LogP contribution in [-0.2, 0) is 6.54 Å². The Morgan fingerprint density at radius 1 is 1.07 bits per heavy atom. The third kappa shape index (κ3) is 5.42. The third-order valence-electron chi connectivity index (χ3n) is 4.05. The molecular formula is C25H29NO. The van der Waals surface area contributed by atoms with Gasteiger partial charge in [-0.3, -0.25) is 4.79 Å². The normalized spacial score (nSPS) is 10.5. The number of aromatic nitrogens is 1. The molecule has 1 aromatic carbocycles. The van der Waals surface area contributed by atoms with Crippen molar-refractivity contribution < 1.29 is 0 Å². The number of rotatable bonds is 6. The van der Waals surface area contributed by atoms with Crippen LogP contribution in [-0.4, -0.2) is 4.57 Å². The average Bonchev–Trinajstić information content (AvgIpc) is 2.70. The van der Waals surface area contributed by atoms with Crippen molar-refractivity contribution in [1.82, 2.24) is 4.57 Å². The lowest BCUT2D eigenvalue weighted by molar-refractivity contribution is 0.777. The van der Waals surface area contributed by atoms with E-state index in [4.69, 9.17) is 0 Å². The Morgan fingerprint density at radius 3 is 2.26 bits per heavy atom. The maximum Gasteiger partial charge on any atom is 0.197 e. The first-order chi connectivity index (χ1) is 13.1. The van der Waals surface area contributed by atoms with Gasteiger partial charge in [0.05, 0.1) is 11.2 Å². The molecule has 0 atom stereocenters. The van der Waals surface area contributed by atoms with Crippen molar-refractivity contribution in [2.45, 2.75) is 27.3 Å². The lowest BCUT2D eigenvalue weighted by Gasteiger charge is -2.15. The van der Waals surface area contributed by atoms with Crippen LogP contribution in [0.5, 0.6) is 0 Å². The van der Waals surface area contributed by atoms with Gasteiger partial charge in [0.25, 0.3) is 0 Å². The number of para-hydroxylation sites is 1. The molecule has 0 aliphatic carbocycles. The largest absolute Gasteiger partial charge is 0.341 e. The molecular weight excluding hydrogens is 330 g/mol. The monoisotopic (exact) mass is 359 g/mol. The number of pyridine rings is 1. The molecule has 0 aliphatic rings. The van der Waals surface area contributed by atoms with E-state index < -0.39 is 0 Å². The van der Waals surface area contributed by atoms with Crippen molar-refractivity contribution in [2.24, 2.45) is 0 Å². The van der Waals surface area contributed by atoms with Gasteiger partial charge >= 0.3 is 0 Å². The SMILES string of the molecule is C=CC(C=C)=C/C=C\C.C=Cc1c(/C=C\C)n(CC)c2ccccc2c1=O. The summed E-state index contributed by atoms with van der Waals surface area (Å²) in [5.41, 5.74) is 3.68. The second kappa shape index (κ2) is 11.5. The van der Waals surface area contributed by atoms with Gasteiger partial charge in [-0.15, -0.1) is 0 Å². The highest BCUT2D eigenvalue weighted by atomic mass is 16.1. The maximum atomic E-state index is 12.4. The zero-order chi connectivity index (χ0) is 20.2. The molecule has 2 nitrogen and oxygen atoms in total. The predicted octanol–water partition coefficient (Wildman–Crippen LogP) is 6.56. The number of hydrogen-bond donors (Lipinski definition) is 0. The molecule has 1 heterocycles. The van der Waals surface area contributed by atoms with Gasteiger partial charge in [0.1, 0.15) is 0 Å². The molecule has 140 valence electrons. The Balaban J connectivity index is 0.000000345. The molecule has 1 aromatic heterocycles. The van der Waals surface area contributed by atoms with Crippen LogP contribution < -0.4 is 5.43 Å². The zero-order valence-corrected chi connectivity index (χ0v) is 16.6. The van der Waals surface area contributed by atoms with Crippen molar-refractivity contribution in [3.05, 3.63) is 108 Å². The molecule has 0 radical (unpaired) electrons. The summed E-state index contributed by atoms with van der Waals surface area (Å²) in [5.74, 6) is 0. The highest BCUT2D eigenvalue weighted by Crippen LogP contribution is 2.18. The summed E-state index contributed by atoms with van der Waals surface area (Å²) in [5, 5.41) is 0.752. The predicted molar refractivity (Wildman–Crippen MR) is 122 cm³/mol. The molecule has 2 rings (SSSR count). The molecule has 0 aliphatic heterocycles. The van der Waals surface area contributed by atoms with Gasteiger partial charge < -0.3 is 4.57 Å². The van der Waals surface area contributed by atoms with Crippen molar-refractivity contribution in [1.29, 1.82) is 0 Å². The fourth-order valence-electron chi connectivity index (χ4n) is 2.74. The highest BCUT2D eigenvalue weighted by molar-refractivity contribution is 5.84. The molecule has 0 amide bonds. The van der Waals surface area contributed by atoms with E-state index in [1.807, 2.05) is 68.5 Å². The average molecular weight is 360 g/mol. The highest BCUT2D eigenvalue weighted by Gasteiger charge is 2.11. The van der Waals surface area contributed by atoms with Crippen molar-refractivity contribution >= 4 is 23.1 Å². The maximum absolute atomic E-state index is 12.4. The number of allylic oxidation sites excluding steroid dienone is 7. The Kier molecular flexibility index (Phi) is 9.32. The van der Waals surface area contributed by atoms with E-state index >= 15 is 0 Å². The molecule has 0 unspecified atom stereocenters. The van der Waals surface area contributed by atoms with Gasteiger partial charge in [0.15, 0.2) is 5.43 Å². The van der Waals surface area contributed by atoms with Crippen LogP contribution in [0.4, 0.5) is 0 Å². The molecule has 27 heavy (non-hydrogen) atoms. The summed E-state index contributed by atoms with van der Waals surface area (Å²) in [7, 11) is 0. The number of benzene rings is 1. The van der Waals surface area contributed by atoms with Crippen LogP contribution in [0.15, 0.2) is 90.8 Å².